The number of hydrogen-bond donors (Lipinski definition) is 0. The van der Waals surface area contributed by atoms with E-state index in [9.17, 15) is 4.79 Å². The van der Waals surface area contributed by atoms with Gasteiger partial charge in [0, 0.05) is 12.1 Å². The standard InChI is InChI=1S/C19H29NO/c1-13-7-8-16(11-14(13)2)18(21)15(3)20-10-9-17(12-20)19(4,5)6/h7-8,11,15,17H,9-10,12H2,1-6H3. The van der Waals surface area contributed by atoms with Crippen molar-refractivity contribution in [1.82, 2.24) is 4.90 Å². The SMILES string of the molecule is Cc1ccc(C(=O)C(C)N2CCC(C(C)(C)C)C2)cc1C. The molecule has 1 saturated heterocycles. The molecule has 2 rings (SSSR count). The number of benzene rings is 1. The van der Waals surface area contributed by atoms with Gasteiger partial charge in [-0.3, -0.25) is 9.69 Å². The molecule has 1 aliphatic heterocycles. The van der Waals surface area contributed by atoms with Gasteiger partial charge in [0.2, 0.25) is 0 Å². The van der Waals surface area contributed by atoms with E-state index in [0.29, 0.717) is 11.3 Å². The molecule has 1 heterocycles. The van der Waals surface area contributed by atoms with Gasteiger partial charge in [-0.05, 0) is 62.3 Å². The third kappa shape index (κ3) is 3.55. The highest BCUT2D eigenvalue weighted by molar-refractivity contribution is 6.00. The average molecular weight is 287 g/mol. The smallest absolute Gasteiger partial charge is 0.179 e. The summed E-state index contributed by atoms with van der Waals surface area (Å²) in [5, 5.41) is 0. The molecule has 0 bridgehead atoms. The highest BCUT2D eigenvalue weighted by atomic mass is 16.1. The number of hydrogen-bond acceptors (Lipinski definition) is 2. The molecule has 0 radical (unpaired) electrons. The number of carbonyl (C=O) groups excluding carboxylic acids is 1. The van der Waals surface area contributed by atoms with E-state index < -0.39 is 0 Å². The van der Waals surface area contributed by atoms with Gasteiger partial charge in [0.15, 0.2) is 5.78 Å². The second-order valence-electron chi connectivity index (χ2n) is 7.69. The number of ketones is 1. The topological polar surface area (TPSA) is 20.3 Å². The van der Waals surface area contributed by atoms with Crippen molar-refractivity contribution < 1.29 is 4.79 Å². The molecule has 2 unspecified atom stereocenters. The van der Waals surface area contributed by atoms with Crippen molar-refractivity contribution in [3.05, 3.63) is 34.9 Å². The molecule has 2 heteroatoms. The minimum Gasteiger partial charge on any atom is -0.293 e. The minimum absolute atomic E-state index is 0.0144. The van der Waals surface area contributed by atoms with Gasteiger partial charge in [-0.2, -0.15) is 0 Å². The van der Waals surface area contributed by atoms with Crippen LogP contribution >= 0.6 is 0 Å². The van der Waals surface area contributed by atoms with Crippen LogP contribution in [0.4, 0.5) is 0 Å². The summed E-state index contributed by atoms with van der Waals surface area (Å²) in [6.45, 7) is 15.2. The fraction of sp³-hybridized carbons (Fsp3) is 0.632. The van der Waals surface area contributed by atoms with Crippen molar-refractivity contribution in [1.29, 1.82) is 0 Å². The van der Waals surface area contributed by atoms with Crippen LogP contribution in [0.5, 0.6) is 0 Å². The summed E-state index contributed by atoms with van der Waals surface area (Å²) in [6.07, 6.45) is 1.20. The van der Waals surface area contributed by atoms with E-state index >= 15 is 0 Å². The highest BCUT2D eigenvalue weighted by Crippen LogP contribution is 2.34. The van der Waals surface area contributed by atoms with Crippen molar-refractivity contribution in [2.75, 3.05) is 13.1 Å². The number of rotatable bonds is 3. The van der Waals surface area contributed by atoms with Gasteiger partial charge in [-0.25, -0.2) is 0 Å². The molecule has 0 amide bonds. The predicted octanol–water partition coefficient (Wildman–Crippen LogP) is 4.24. The van der Waals surface area contributed by atoms with Gasteiger partial charge in [-0.15, -0.1) is 0 Å². The lowest BCUT2D eigenvalue weighted by molar-refractivity contribution is 0.0853. The Labute approximate surface area is 129 Å². The summed E-state index contributed by atoms with van der Waals surface area (Å²) >= 11 is 0. The van der Waals surface area contributed by atoms with Crippen molar-refractivity contribution in [2.24, 2.45) is 11.3 Å². The van der Waals surface area contributed by atoms with Crippen LogP contribution in [-0.4, -0.2) is 29.8 Å². The first-order valence-corrected chi connectivity index (χ1v) is 8.05. The zero-order valence-electron chi connectivity index (χ0n) is 14.4. The maximum atomic E-state index is 12.7. The number of likely N-dealkylation sites (tertiary alicyclic amines) is 1. The molecule has 1 aliphatic rings. The van der Waals surface area contributed by atoms with E-state index in [0.717, 1.165) is 18.7 Å². The molecule has 0 aliphatic carbocycles. The predicted molar refractivity (Wildman–Crippen MR) is 88.8 cm³/mol. The highest BCUT2D eigenvalue weighted by Gasteiger charge is 2.35. The average Bonchev–Trinajstić information content (AvgIpc) is 2.90. The quantitative estimate of drug-likeness (QED) is 0.775. The van der Waals surface area contributed by atoms with Gasteiger partial charge >= 0.3 is 0 Å². The van der Waals surface area contributed by atoms with E-state index in [4.69, 9.17) is 0 Å². The largest absolute Gasteiger partial charge is 0.293 e. The number of carbonyl (C=O) groups is 1. The van der Waals surface area contributed by atoms with Crippen molar-refractivity contribution in [2.45, 2.75) is 54.0 Å². The molecule has 21 heavy (non-hydrogen) atoms. The van der Waals surface area contributed by atoms with E-state index in [1.54, 1.807) is 0 Å². The summed E-state index contributed by atoms with van der Waals surface area (Å²) in [5.74, 6) is 0.945. The molecular formula is C19H29NO. The first kappa shape index (κ1) is 16.2. The zero-order valence-corrected chi connectivity index (χ0v) is 14.4. The lowest BCUT2D eigenvalue weighted by Crippen LogP contribution is -2.38. The Bertz CT molecular complexity index is 527. The molecule has 1 aromatic rings. The molecule has 1 fully saturated rings. The summed E-state index contributed by atoms with van der Waals surface area (Å²) < 4.78 is 0. The molecule has 0 spiro atoms. The Morgan fingerprint density at radius 3 is 2.43 bits per heavy atom. The molecule has 0 aromatic heterocycles. The van der Waals surface area contributed by atoms with Crippen LogP contribution in [0, 0.1) is 25.2 Å². The van der Waals surface area contributed by atoms with Crippen LogP contribution in [0.25, 0.3) is 0 Å². The maximum absolute atomic E-state index is 12.7. The molecule has 1 aromatic carbocycles. The van der Waals surface area contributed by atoms with Crippen LogP contribution < -0.4 is 0 Å². The van der Waals surface area contributed by atoms with Crippen LogP contribution in [0.3, 0.4) is 0 Å². The second-order valence-corrected chi connectivity index (χ2v) is 7.69. The van der Waals surface area contributed by atoms with E-state index in [2.05, 4.69) is 52.5 Å². The van der Waals surface area contributed by atoms with Crippen molar-refractivity contribution >= 4 is 5.78 Å². The summed E-state index contributed by atoms with van der Waals surface area (Å²) in [7, 11) is 0. The third-order valence-corrected chi connectivity index (χ3v) is 5.16. The summed E-state index contributed by atoms with van der Waals surface area (Å²) in [4.78, 5) is 15.1. The summed E-state index contributed by atoms with van der Waals surface area (Å²) in [5.41, 5.74) is 3.62. The Balaban J connectivity index is 2.08. The lowest BCUT2D eigenvalue weighted by atomic mass is 9.80. The lowest BCUT2D eigenvalue weighted by Gasteiger charge is -2.28. The van der Waals surface area contributed by atoms with Crippen LogP contribution in [0.2, 0.25) is 0 Å². The molecule has 0 N–H and O–H groups in total. The van der Waals surface area contributed by atoms with E-state index in [1.807, 2.05) is 12.1 Å². The fourth-order valence-corrected chi connectivity index (χ4v) is 3.15. The van der Waals surface area contributed by atoms with E-state index in [-0.39, 0.29) is 11.8 Å². The van der Waals surface area contributed by atoms with Crippen LogP contribution in [-0.2, 0) is 0 Å². The monoisotopic (exact) mass is 287 g/mol. The summed E-state index contributed by atoms with van der Waals surface area (Å²) in [6, 6.07) is 6.04. The minimum atomic E-state index is -0.0144. The first-order valence-electron chi connectivity index (χ1n) is 8.05. The fourth-order valence-electron chi connectivity index (χ4n) is 3.15. The molecule has 2 atom stereocenters. The Morgan fingerprint density at radius 2 is 1.90 bits per heavy atom. The number of aryl methyl sites for hydroxylation is 2. The molecule has 0 saturated carbocycles. The van der Waals surface area contributed by atoms with Gasteiger partial charge < -0.3 is 0 Å². The number of Topliss-reactive ketones (excluding diaryl/α,β-unsaturated/α-hetero) is 1. The molecular weight excluding hydrogens is 258 g/mol. The van der Waals surface area contributed by atoms with Gasteiger partial charge in [0.1, 0.15) is 0 Å². The maximum Gasteiger partial charge on any atom is 0.179 e. The van der Waals surface area contributed by atoms with Crippen LogP contribution in [0.15, 0.2) is 18.2 Å². The van der Waals surface area contributed by atoms with Gasteiger partial charge in [0.05, 0.1) is 6.04 Å². The first-order chi connectivity index (χ1) is 9.70. The van der Waals surface area contributed by atoms with E-state index in [1.165, 1.54) is 17.5 Å². The van der Waals surface area contributed by atoms with Crippen molar-refractivity contribution in [3.63, 3.8) is 0 Å². The zero-order chi connectivity index (χ0) is 15.8. The Hall–Kier alpha value is -1.15. The van der Waals surface area contributed by atoms with Crippen molar-refractivity contribution in [3.8, 4) is 0 Å². The van der Waals surface area contributed by atoms with Crippen LogP contribution in [0.1, 0.15) is 55.6 Å². The van der Waals surface area contributed by atoms with Gasteiger partial charge in [-0.1, -0.05) is 32.9 Å². The number of nitrogens with zero attached hydrogens (tertiary/aromatic N) is 1. The second kappa shape index (κ2) is 5.92. The third-order valence-electron chi connectivity index (χ3n) is 5.16. The van der Waals surface area contributed by atoms with Gasteiger partial charge in [0.25, 0.3) is 0 Å². The normalized spacial score (nSPS) is 21.5. The Morgan fingerprint density at radius 1 is 1.24 bits per heavy atom. The Kier molecular flexibility index (Phi) is 4.57. The molecule has 116 valence electrons. The molecule has 2 nitrogen and oxygen atoms in total.